The van der Waals surface area contributed by atoms with Gasteiger partial charge < -0.3 is 19.5 Å². The first-order valence-corrected chi connectivity index (χ1v) is 27.3. The number of benzene rings is 4. The maximum absolute atomic E-state index is 13.9. The molecule has 0 heterocycles. The summed E-state index contributed by atoms with van der Waals surface area (Å²) in [6, 6.07) is 22.0. The molecule has 3 N–H and O–H groups in total. The number of ether oxygens (including phenoxy) is 3. The zero-order valence-electron chi connectivity index (χ0n) is 41.7. The van der Waals surface area contributed by atoms with Gasteiger partial charge in [0.2, 0.25) is 5.75 Å². The minimum Gasteiger partial charge on any atom is -0.489 e. The molecule has 8 heteroatoms. The third-order valence-electron chi connectivity index (χ3n) is 12.8. The van der Waals surface area contributed by atoms with Crippen LogP contribution in [0.2, 0.25) is 0 Å². The molecular formula is C58H89N3O4S. The molecule has 1 amide bonds. The molecule has 0 bridgehead atoms. The molecule has 0 saturated heterocycles. The summed E-state index contributed by atoms with van der Waals surface area (Å²) in [6.45, 7) is 8.65. The molecule has 0 saturated carbocycles. The topological polar surface area (TPSA) is 80.9 Å². The monoisotopic (exact) mass is 924 g/mol. The van der Waals surface area contributed by atoms with E-state index in [1.165, 1.54) is 154 Å². The van der Waals surface area contributed by atoms with Crippen molar-refractivity contribution in [1.82, 2.24) is 10.9 Å². The number of nitrogens with one attached hydrogen (secondary N) is 3. The largest absolute Gasteiger partial charge is 0.489 e. The third-order valence-corrected chi connectivity index (χ3v) is 13.0. The summed E-state index contributed by atoms with van der Waals surface area (Å²) < 4.78 is 19.8. The SMILES string of the molecule is CCCCCCCCCCCCOc1cc(NC(=S)NNC(=O)c2c3ccccc3cc3ccccc23)cc(OCCCCCCCCCCCC)c1OCCCCCCCCCCCC. The molecule has 4 aromatic carbocycles. The fourth-order valence-corrected chi connectivity index (χ4v) is 9.08. The van der Waals surface area contributed by atoms with E-state index in [0.717, 1.165) is 60.1 Å². The van der Waals surface area contributed by atoms with Gasteiger partial charge in [-0.3, -0.25) is 15.6 Å². The summed E-state index contributed by atoms with van der Waals surface area (Å²) in [5.74, 6) is 1.74. The van der Waals surface area contributed by atoms with Gasteiger partial charge in [-0.25, -0.2) is 0 Å². The molecule has 0 aliphatic rings. The molecule has 66 heavy (non-hydrogen) atoms. The second-order valence-electron chi connectivity index (χ2n) is 18.6. The number of hydrazine groups is 1. The Labute approximate surface area is 406 Å². The van der Waals surface area contributed by atoms with E-state index in [1.54, 1.807) is 0 Å². The third kappa shape index (κ3) is 21.7. The van der Waals surface area contributed by atoms with Gasteiger partial charge in [-0.1, -0.05) is 243 Å². The summed E-state index contributed by atoms with van der Waals surface area (Å²) in [5.41, 5.74) is 7.17. The van der Waals surface area contributed by atoms with E-state index in [1.807, 2.05) is 60.7 Å². The lowest BCUT2D eigenvalue weighted by molar-refractivity contribution is 0.0947. The average molecular weight is 924 g/mol. The van der Waals surface area contributed by atoms with E-state index < -0.39 is 0 Å². The van der Waals surface area contributed by atoms with E-state index in [4.69, 9.17) is 26.4 Å². The van der Waals surface area contributed by atoms with Gasteiger partial charge in [-0.05, 0) is 59.1 Å². The average Bonchev–Trinajstić information content (AvgIpc) is 3.33. The van der Waals surface area contributed by atoms with Crippen LogP contribution in [0.15, 0.2) is 66.7 Å². The maximum Gasteiger partial charge on any atom is 0.270 e. The van der Waals surface area contributed by atoms with Crippen LogP contribution in [0.1, 0.15) is 224 Å². The number of carbonyl (C=O) groups excluding carboxylic acids is 1. The number of fused-ring (bicyclic) bond motifs is 2. The van der Waals surface area contributed by atoms with Crippen molar-refractivity contribution >= 4 is 50.5 Å². The van der Waals surface area contributed by atoms with Crippen molar-refractivity contribution < 1.29 is 19.0 Å². The number of thiocarbonyl (C=S) groups is 1. The minimum absolute atomic E-state index is 0.258. The van der Waals surface area contributed by atoms with Crippen molar-refractivity contribution in [2.45, 2.75) is 213 Å². The summed E-state index contributed by atoms with van der Waals surface area (Å²) in [7, 11) is 0. The molecular weight excluding hydrogens is 835 g/mol. The van der Waals surface area contributed by atoms with Gasteiger partial charge in [0, 0.05) is 17.8 Å². The molecule has 7 nitrogen and oxygen atoms in total. The number of amides is 1. The second-order valence-corrected chi connectivity index (χ2v) is 19.0. The van der Waals surface area contributed by atoms with Gasteiger partial charge in [0.05, 0.1) is 25.4 Å². The van der Waals surface area contributed by atoms with E-state index in [-0.39, 0.29) is 11.0 Å². The first-order valence-electron chi connectivity index (χ1n) is 26.9. The van der Waals surface area contributed by atoms with Gasteiger partial charge in [-0.15, -0.1) is 0 Å². The molecule has 0 aliphatic heterocycles. The van der Waals surface area contributed by atoms with Gasteiger partial charge >= 0.3 is 0 Å². The van der Waals surface area contributed by atoms with Gasteiger partial charge in [0.1, 0.15) is 0 Å². The molecule has 0 fully saturated rings. The Bertz CT molecular complexity index is 1820. The highest BCUT2D eigenvalue weighted by Gasteiger charge is 2.19. The van der Waals surface area contributed by atoms with Crippen molar-refractivity contribution in [3.05, 3.63) is 72.3 Å². The molecule has 0 atom stereocenters. The summed E-state index contributed by atoms with van der Waals surface area (Å²) in [6.07, 6.45) is 38.1. The van der Waals surface area contributed by atoms with Crippen LogP contribution in [0.25, 0.3) is 21.5 Å². The Kier molecular flexibility index (Phi) is 29.1. The van der Waals surface area contributed by atoms with Crippen LogP contribution in [-0.2, 0) is 0 Å². The number of anilines is 1. The molecule has 0 radical (unpaired) electrons. The highest BCUT2D eigenvalue weighted by atomic mass is 32.1. The van der Waals surface area contributed by atoms with Crippen LogP contribution in [0, 0.1) is 0 Å². The maximum atomic E-state index is 13.9. The quantitative estimate of drug-likeness (QED) is 0.0179. The highest BCUT2D eigenvalue weighted by Crippen LogP contribution is 2.41. The van der Waals surface area contributed by atoms with Crippen molar-refractivity contribution in [1.29, 1.82) is 0 Å². The van der Waals surface area contributed by atoms with Crippen LogP contribution >= 0.6 is 12.2 Å². The number of rotatable bonds is 38. The number of hydrogen-bond donors (Lipinski definition) is 3. The van der Waals surface area contributed by atoms with Crippen molar-refractivity contribution in [3.63, 3.8) is 0 Å². The lowest BCUT2D eigenvalue weighted by Crippen LogP contribution is -2.43. The molecule has 0 aliphatic carbocycles. The van der Waals surface area contributed by atoms with E-state index in [2.05, 4.69) is 43.0 Å². The smallest absolute Gasteiger partial charge is 0.270 e. The first-order chi connectivity index (χ1) is 32.5. The number of carbonyl (C=O) groups is 1. The lowest BCUT2D eigenvalue weighted by atomic mass is 9.96. The van der Waals surface area contributed by atoms with Crippen LogP contribution in [0.4, 0.5) is 5.69 Å². The Balaban J connectivity index is 1.42. The van der Waals surface area contributed by atoms with Gasteiger partial charge in [0.15, 0.2) is 16.6 Å². The predicted molar refractivity (Wildman–Crippen MR) is 287 cm³/mol. The summed E-state index contributed by atoms with van der Waals surface area (Å²) >= 11 is 5.79. The molecule has 4 rings (SSSR count). The second kappa shape index (κ2) is 35.2. The first kappa shape index (κ1) is 54.6. The zero-order chi connectivity index (χ0) is 46.7. The predicted octanol–water partition coefficient (Wildman–Crippen LogP) is 17.5. The number of unbranched alkanes of at least 4 members (excludes halogenated alkanes) is 27. The number of hydrogen-bond acceptors (Lipinski definition) is 5. The molecule has 0 spiro atoms. The lowest BCUT2D eigenvalue weighted by Gasteiger charge is -2.20. The van der Waals surface area contributed by atoms with Crippen molar-refractivity contribution in [2.75, 3.05) is 25.1 Å². The van der Waals surface area contributed by atoms with E-state index >= 15 is 0 Å². The van der Waals surface area contributed by atoms with Crippen LogP contribution in [0.5, 0.6) is 17.2 Å². The molecule has 0 aromatic heterocycles. The molecule has 366 valence electrons. The Morgan fingerprint density at radius 3 is 1.18 bits per heavy atom. The fraction of sp³-hybridized carbons (Fsp3) is 0.621. The van der Waals surface area contributed by atoms with E-state index in [9.17, 15) is 4.79 Å². The fourth-order valence-electron chi connectivity index (χ4n) is 8.91. The van der Waals surface area contributed by atoms with Crippen molar-refractivity contribution in [2.24, 2.45) is 0 Å². The van der Waals surface area contributed by atoms with E-state index in [0.29, 0.717) is 48.3 Å². The zero-order valence-corrected chi connectivity index (χ0v) is 42.5. The van der Waals surface area contributed by atoms with Crippen LogP contribution in [0.3, 0.4) is 0 Å². The van der Waals surface area contributed by atoms with Crippen LogP contribution < -0.4 is 30.4 Å². The Hall–Kier alpha value is -4.04. The summed E-state index contributed by atoms with van der Waals surface area (Å²) in [4.78, 5) is 13.9. The minimum atomic E-state index is -0.260. The Morgan fingerprint density at radius 2 is 0.788 bits per heavy atom. The highest BCUT2D eigenvalue weighted by molar-refractivity contribution is 7.80. The Morgan fingerprint density at radius 1 is 0.439 bits per heavy atom. The van der Waals surface area contributed by atoms with Crippen LogP contribution in [-0.4, -0.2) is 30.8 Å². The standard InChI is InChI=1S/C58H89N3O4S/c1-4-7-10-13-16-19-22-25-28-35-42-63-53-46-50(59-58(66)61-60-57(62)55-51-40-33-31-38-48(51)45-49-39-32-34-41-52(49)55)47-54(64-43-36-29-26-23-20-17-14-11-8-5-2)56(53)65-44-37-30-27-24-21-18-15-12-9-6-3/h31-34,38-41,45-47H,4-30,35-37,42-44H2,1-3H3,(H,60,62)(H2,59,61,66). The van der Waals surface area contributed by atoms with Gasteiger partial charge in [-0.2, -0.15) is 0 Å². The normalized spacial score (nSPS) is 11.3. The molecule has 0 unspecified atom stereocenters. The van der Waals surface area contributed by atoms with Gasteiger partial charge in [0.25, 0.3) is 5.91 Å². The van der Waals surface area contributed by atoms with Crippen molar-refractivity contribution in [3.8, 4) is 17.2 Å². The summed E-state index contributed by atoms with van der Waals surface area (Å²) in [5, 5.41) is 7.36. The molecule has 4 aromatic rings.